The molecule has 0 aromatic carbocycles. The van der Waals surface area contributed by atoms with E-state index in [-0.39, 0.29) is 19.6 Å². The van der Waals surface area contributed by atoms with Gasteiger partial charge >= 0.3 is 13.8 Å². The van der Waals surface area contributed by atoms with Gasteiger partial charge in [0.2, 0.25) is 0 Å². The molecule has 52 heavy (non-hydrogen) atoms. The molecule has 0 aliphatic rings. The average Bonchev–Trinajstić information content (AvgIpc) is 3.13. The molecule has 0 rings (SSSR count). The number of phosphoric ester groups is 1. The van der Waals surface area contributed by atoms with Gasteiger partial charge in [-0.05, 0) is 64.2 Å². The second kappa shape index (κ2) is 39.4. The Bertz CT molecular complexity index is 908. The fourth-order valence-corrected chi connectivity index (χ4v) is 6.33. The maximum atomic E-state index is 12.5. The minimum absolute atomic E-state index is 0.0444. The lowest BCUT2D eigenvalue weighted by atomic mass is 10.1. The number of allylic oxidation sites excluding steroid dienone is 6. The molecule has 0 fully saturated rings. The Morgan fingerprint density at radius 3 is 1.62 bits per heavy atom. The molecule has 0 spiro atoms. The van der Waals surface area contributed by atoms with Crippen molar-refractivity contribution in [1.29, 1.82) is 0 Å². The van der Waals surface area contributed by atoms with Crippen LogP contribution in [-0.2, 0) is 27.9 Å². The van der Waals surface area contributed by atoms with Crippen molar-refractivity contribution < 1.29 is 43.0 Å². The molecule has 3 atom stereocenters. The first-order valence-electron chi connectivity index (χ1n) is 21.0. The Labute approximate surface area is 318 Å². The van der Waals surface area contributed by atoms with Crippen molar-refractivity contribution in [3.05, 3.63) is 36.5 Å². The summed E-state index contributed by atoms with van der Waals surface area (Å²) in [4.78, 5) is 22.5. The van der Waals surface area contributed by atoms with Crippen LogP contribution in [0.1, 0.15) is 181 Å². The highest BCUT2D eigenvalue weighted by atomic mass is 31.2. The average molecular weight is 759 g/mol. The molecule has 0 radical (unpaired) electrons. The molecule has 306 valence electrons. The summed E-state index contributed by atoms with van der Waals surface area (Å²) < 4.78 is 33.3. The van der Waals surface area contributed by atoms with Crippen LogP contribution in [0.2, 0.25) is 0 Å². The zero-order chi connectivity index (χ0) is 38.2. The fourth-order valence-electron chi connectivity index (χ4n) is 5.54. The predicted molar refractivity (Wildman–Crippen MR) is 214 cm³/mol. The van der Waals surface area contributed by atoms with Crippen LogP contribution in [0.5, 0.6) is 0 Å². The highest BCUT2D eigenvalue weighted by molar-refractivity contribution is 7.47. The van der Waals surface area contributed by atoms with E-state index in [2.05, 4.69) is 50.3 Å². The number of esters is 1. The van der Waals surface area contributed by atoms with E-state index in [1.54, 1.807) is 0 Å². The van der Waals surface area contributed by atoms with Crippen molar-refractivity contribution in [3.63, 3.8) is 0 Å². The van der Waals surface area contributed by atoms with Gasteiger partial charge in [0, 0.05) is 13.0 Å². The van der Waals surface area contributed by atoms with Crippen molar-refractivity contribution in [2.45, 2.75) is 193 Å². The number of hydrogen-bond donors (Lipinski definition) is 3. The normalized spacial score (nSPS) is 14.5. The van der Waals surface area contributed by atoms with Crippen molar-refractivity contribution in [3.8, 4) is 0 Å². The first kappa shape index (κ1) is 50.7. The minimum Gasteiger partial charge on any atom is -0.457 e. The SMILES string of the molecule is CCCC/C=C\CCCCCCCC(=O)OC(COCCCCCCCCCCCC/C=C\C/C=C\CCCCC)COP(=O)(O)OCC(O)CO. The van der Waals surface area contributed by atoms with Crippen LogP contribution in [-0.4, -0.2) is 66.3 Å². The van der Waals surface area contributed by atoms with Gasteiger partial charge < -0.3 is 24.6 Å². The lowest BCUT2D eigenvalue weighted by Crippen LogP contribution is -2.29. The zero-order valence-corrected chi connectivity index (χ0v) is 34.2. The zero-order valence-electron chi connectivity index (χ0n) is 33.3. The standard InChI is InChI=1S/C42H79O9P/c1-3-5-7-9-11-13-15-16-17-18-19-20-21-22-23-25-27-29-31-33-35-48-38-41(39-50-52(46,47)49-37-40(44)36-43)51-42(45)34-32-30-28-26-24-14-12-10-8-6-4-2/h10-13,16-17,40-41,43-44H,3-9,14-15,18-39H2,1-2H3,(H,46,47)/b12-10-,13-11-,17-16-. The Morgan fingerprint density at radius 2 is 1.06 bits per heavy atom. The molecule has 0 aliphatic heterocycles. The molecule has 3 N–H and O–H groups in total. The molecule has 0 saturated heterocycles. The Hall–Kier alpha value is -1.32. The van der Waals surface area contributed by atoms with Crippen LogP contribution in [0.3, 0.4) is 0 Å². The summed E-state index contributed by atoms with van der Waals surface area (Å²) in [5.74, 6) is -0.395. The summed E-state index contributed by atoms with van der Waals surface area (Å²) >= 11 is 0. The Balaban J connectivity index is 4.12. The van der Waals surface area contributed by atoms with Gasteiger partial charge in [-0.3, -0.25) is 13.8 Å². The second-order valence-corrected chi connectivity index (χ2v) is 15.5. The molecule has 3 unspecified atom stereocenters. The molecule has 0 aromatic heterocycles. The van der Waals surface area contributed by atoms with E-state index < -0.39 is 39.2 Å². The maximum Gasteiger partial charge on any atom is 0.472 e. The van der Waals surface area contributed by atoms with E-state index >= 15 is 0 Å². The minimum atomic E-state index is -4.51. The molecule has 0 aromatic rings. The predicted octanol–water partition coefficient (Wildman–Crippen LogP) is 11.3. The van der Waals surface area contributed by atoms with E-state index in [4.69, 9.17) is 23.6 Å². The largest absolute Gasteiger partial charge is 0.472 e. The van der Waals surface area contributed by atoms with Gasteiger partial charge in [-0.2, -0.15) is 0 Å². The van der Waals surface area contributed by atoms with E-state index in [9.17, 15) is 19.4 Å². The van der Waals surface area contributed by atoms with Crippen LogP contribution < -0.4 is 0 Å². The topological polar surface area (TPSA) is 132 Å². The van der Waals surface area contributed by atoms with Crippen LogP contribution in [0.15, 0.2) is 36.5 Å². The number of rotatable bonds is 40. The Morgan fingerprint density at radius 1 is 0.596 bits per heavy atom. The fraction of sp³-hybridized carbons (Fsp3) is 0.833. The highest BCUT2D eigenvalue weighted by Gasteiger charge is 2.26. The summed E-state index contributed by atoms with van der Waals surface area (Å²) in [5, 5.41) is 18.3. The summed E-state index contributed by atoms with van der Waals surface area (Å²) in [5.41, 5.74) is 0. The van der Waals surface area contributed by atoms with E-state index in [0.29, 0.717) is 6.61 Å². The van der Waals surface area contributed by atoms with Crippen LogP contribution in [0.25, 0.3) is 0 Å². The van der Waals surface area contributed by atoms with Crippen molar-refractivity contribution in [2.24, 2.45) is 0 Å². The van der Waals surface area contributed by atoms with E-state index in [0.717, 1.165) is 70.6 Å². The van der Waals surface area contributed by atoms with Gasteiger partial charge in [-0.25, -0.2) is 4.57 Å². The first-order valence-corrected chi connectivity index (χ1v) is 22.5. The molecule has 9 nitrogen and oxygen atoms in total. The molecular weight excluding hydrogens is 679 g/mol. The number of hydrogen-bond acceptors (Lipinski definition) is 8. The smallest absolute Gasteiger partial charge is 0.457 e. The summed E-state index contributed by atoms with van der Waals surface area (Å²) in [6.07, 6.45) is 41.0. The third-order valence-corrected chi connectivity index (χ3v) is 9.75. The number of aliphatic hydroxyl groups excluding tert-OH is 2. The maximum absolute atomic E-state index is 12.5. The number of ether oxygens (including phenoxy) is 2. The van der Waals surface area contributed by atoms with Crippen molar-refractivity contribution >= 4 is 13.8 Å². The third kappa shape index (κ3) is 38.4. The van der Waals surface area contributed by atoms with Crippen LogP contribution in [0.4, 0.5) is 0 Å². The number of aliphatic hydroxyl groups is 2. The van der Waals surface area contributed by atoms with Crippen LogP contribution in [0, 0.1) is 0 Å². The molecule has 0 aliphatic carbocycles. The van der Waals surface area contributed by atoms with Crippen molar-refractivity contribution in [2.75, 3.05) is 33.0 Å². The third-order valence-electron chi connectivity index (χ3n) is 8.80. The summed E-state index contributed by atoms with van der Waals surface area (Å²) in [6.45, 7) is 3.44. The van der Waals surface area contributed by atoms with Gasteiger partial charge in [0.15, 0.2) is 0 Å². The first-order chi connectivity index (χ1) is 25.3. The molecule has 0 amide bonds. The second-order valence-electron chi connectivity index (χ2n) is 14.0. The molecule has 0 heterocycles. The van der Waals surface area contributed by atoms with Crippen molar-refractivity contribution in [1.82, 2.24) is 0 Å². The lowest BCUT2D eigenvalue weighted by molar-refractivity contribution is -0.154. The van der Waals surface area contributed by atoms with Gasteiger partial charge in [0.1, 0.15) is 12.2 Å². The van der Waals surface area contributed by atoms with E-state index in [1.165, 1.54) is 89.9 Å². The number of carbonyl (C=O) groups is 1. The number of carbonyl (C=O) groups excluding carboxylic acids is 1. The van der Waals surface area contributed by atoms with Crippen LogP contribution >= 0.6 is 7.82 Å². The quantitative estimate of drug-likeness (QED) is 0.0242. The number of unbranched alkanes of at least 4 members (excludes halogenated alkanes) is 20. The highest BCUT2D eigenvalue weighted by Crippen LogP contribution is 2.43. The van der Waals surface area contributed by atoms with Gasteiger partial charge in [-0.15, -0.1) is 0 Å². The molecule has 10 heteroatoms. The Kier molecular flexibility index (Phi) is 38.4. The lowest BCUT2D eigenvalue weighted by Gasteiger charge is -2.20. The molecule has 0 bridgehead atoms. The monoisotopic (exact) mass is 759 g/mol. The van der Waals surface area contributed by atoms with Gasteiger partial charge in [0.05, 0.1) is 26.4 Å². The van der Waals surface area contributed by atoms with E-state index in [1.807, 2.05) is 0 Å². The molecule has 0 saturated carbocycles. The summed E-state index contributed by atoms with van der Waals surface area (Å²) in [6, 6.07) is 0. The van der Waals surface area contributed by atoms with Gasteiger partial charge in [-0.1, -0.05) is 147 Å². The van der Waals surface area contributed by atoms with Gasteiger partial charge in [0.25, 0.3) is 0 Å². The number of phosphoric acid groups is 1. The summed E-state index contributed by atoms with van der Waals surface area (Å²) in [7, 11) is -4.51. The molecular formula is C42H79O9P.